The maximum atomic E-state index is 5.96. The zero-order valence-corrected chi connectivity index (χ0v) is 15.0. The van der Waals surface area contributed by atoms with Gasteiger partial charge in [0.2, 0.25) is 0 Å². The Balaban J connectivity index is 1.30. The van der Waals surface area contributed by atoms with Gasteiger partial charge >= 0.3 is 0 Å². The Morgan fingerprint density at radius 3 is 3.04 bits per heavy atom. The number of nitrogens with zero attached hydrogens (tertiary/aromatic N) is 5. The molecule has 1 atom stereocenters. The van der Waals surface area contributed by atoms with Gasteiger partial charge in [-0.05, 0) is 61.3 Å². The first kappa shape index (κ1) is 16.4. The lowest BCUT2D eigenvalue weighted by molar-refractivity contribution is 0.276. The molecule has 0 spiro atoms. The van der Waals surface area contributed by atoms with Gasteiger partial charge in [0.25, 0.3) is 0 Å². The predicted octanol–water partition coefficient (Wildman–Crippen LogP) is 3.02. The molecule has 1 aliphatic rings. The van der Waals surface area contributed by atoms with Gasteiger partial charge < -0.3 is 8.98 Å². The number of likely N-dealkylation sites (tertiary alicyclic amines) is 1. The second-order valence-corrected chi connectivity index (χ2v) is 7.43. The number of pyridine rings is 1. The van der Waals surface area contributed by atoms with Gasteiger partial charge in [0.15, 0.2) is 10.2 Å². The third kappa shape index (κ3) is 4.11. The Hall–Kier alpha value is -2.12. The standard InChI is InChI=1S/C18H21N5OS/c1-22-13-20-21-18(22)25-17-6-5-16(24-17)12-23-9-7-14(11-23)10-15-4-2-3-8-19-15/h2-6,8,13-14H,7,9-12H2,1H3. The van der Waals surface area contributed by atoms with Crippen molar-refractivity contribution < 1.29 is 4.42 Å². The highest BCUT2D eigenvalue weighted by molar-refractivity contribution is 7.99. The highest BCUT2D eigenvalue weighted by Gasteiger charge is 2.24. The zero-order valence-electron chi connectivity index (χ0n) is 14.2. The van der Waals surface area contributed by atoms with Gasteiger partial charge in [0, 0.05) is 25.5 Å². The van der Waals surface area contributed by atoms with Gasteiger partial charge in [0.1, 0.15) is 12.1 Å². The lowest BCUT2D eigenvalue weighted by atomic mass is 10.0. The van der Waals surface area contributed by atoms with Crippen molar-refractivity contribution in [3.63, 3.8) is 0 Å². The first-order valence-corrected chi connectivity index (χ1v) is 9.31. The molecule has 1 saturated heterocycles. The van der Waals surface area contributed by atoms with Crippen LogP contribution in [0.1, 0.15) is 17.9 Å². The minimum Gasteiger partial charge on any atom is -0.453 e. The SMILES string of the molecule is Cn1cnnc1Sc1ccc(CN2CCC(Cc3ccccn3)C2)o1. The Bertz CT molecular complexity index is 816. The van der Waals surface area contributed by atoms with Gasteiger partial charge in [0.05, 0.1) is 6.54 Å². The Kier molecular flexibility index (Phi) is 4.85. The molecular weight excluding hydrogens is 334 g/mol. The molecule has 0 radical (unpaired) electrons. The fourth-order valence-electron chi connectivity index (χ4n) is 3.21. The summed E-state index contributed by atoms with van der Waals surface area (Å²) in [7, 11) is 1.93. The molecule has 0 saturated carbocycles. The third-order valence-corrected chi connectivity index (χ3v) is 5.44. The molecule has 25 heavy (non-hydrogen) atoms. The van der Waals surface area contributed by atoms with Crippen molar-refractivity contribution in [3.05, 3.63) is 54.3 Å². The van der Waals surface area contributed by atoms with E-state index in [0.29, 0.717) is 5.92 Å². The molecule has 0 N–H and O–H groups in total. The summed E-state index contributed by atoms with van der Waals surface area (Å²) in [4.78, 5) is 6.91. The lowest BCUT2D eigenvalue weighted by Crippen LogP contribution is -2.20. The van der Waals surface area contributed by atoms with Gasteiger partial charge in [-0.25, -0.2) is 0 Å². The molecule has 0 bridgehead atoms. The van der Waals surface area contributed by atoms with E-state index in [1.165, 1.54) is 23.9 Å². The summed E-state index contributed by atoms with van der Waals surface area (Å²) in [5, 5.41) is 9.65. The third-order valence-electron chi connectivity index (χ3n) is 4.47. The van der Waals surface area contributed by atoms with E-state index < -0.39 is 0 Å². The van der Waals surface area contributed by atoms with E-state index in [0.717, 1.165) is 42.1 Å². The van der Waals surface area contributed by atoms with Gasteiger partial charge in [-0.15, -0.1) is 10.2 Å². The van der Waals surface area contributed by atoms with Crippen LogP contribution in [0.3, 0.4) is 0 Å². The molecule has 4 heterocycles. The smallest absolute Gasteiger partial charge is 0.198 e. The maximum Gasteiger partial charge on any atom is 0.198 e. The van der Waals surface area contributed by atoms with Crippen LogP contribution in [0.25, 0.3) is 0 Å². The van der Waals surface area contributed by atoms with Crippen molar-refractivity contribution >= 4 is 11.8 Å². The number of aromatic nitrogens is 4. The molecule has 4 rings (SSSR count). The van der Waals surface area contributed by atoms with Crippen molar-refractivity contribution in [1.29, 1.82) is 0 Å². The average molecular weight is 355 g/mol. The number of rotatable bonds is 6. The van der Waals surface area contributed by atoms with Crippen LogP contribution in [-0.4, -0.2) is 37.7 Å². The maximum absolute atomic E-state index is 5.96. The molecule has 1 unspecified atom stereocenters. The van der Waals surface area contributed by atoms with Gasteiger partial charge in [-0.1, -0.05) is 6.07 Å². The van der Waals surface area contributed by atoms with E-state index in [1.54, 1.807) is 6.33 Å². The van der Waals surface area contributed by atoms with E-state index in [1.807, 2.05) is 29.9 Å². The molecule has 1 aliphatic heterocycles. The molecular formula is C18H21N5OS. The minimum atomic E-state index is 0.678. The second-order valence-electron chi connectivity index (χ2n) is 6.46. The number of hydrogen-bond acceptors (Lipinski definition) is 6. The van der Waals surface area contributed by atoms with Crippen molar-refractivity contribution in [3.8, 4) is 0 Å². The summed E-state index contributed by atoms with van der Waals surface area (Å²) < 4.78 is 7.84. The predicted molar refractivity (Wildman–Crippen MR) is 95.2 cm³/mol. The van der Waals surface area contributed by atoms with Crippen LogP contribution < -0.4 is 0 Å². The highest BCUT2D eigenvalue weighted by Crippen LogP contribution is 2.28. The van der Waals surface area contributed by atoms with Gasteiger partial charge in [-0.3, -0.25) is 9.88 Å². The van der Waals surface area contributed by atoms with E-state index in [9.17, 15) is 0 Å². The van der Waals surface area contributed by atoms with Crippen LogP contribution in [0.2, 0.25) is 0 Å². The summed E-state index contributed by atoms with van der Waals surface area (Å²) >= 11 is 1.50. The summed E-state index contributed by atoms with van der Waals surface area (Å²) in [5.41, 5.74) is 1.19. The first-order valence-electron chi connectivity index (χ1n) is 8.49. The first-order chi connectivity index (χ1) is 12.3. The molecule has 3 aromatic rings. The number of furan rings is 1. The normalized spacial score (nSPS) is 18.0. The summed E-state index contributed by atoms with van der Waals surface area (Å²) in [6.45, 7) is 3.07. The summed E-state index contributed by atoms with van der Waals surface area (Å²) in [5.74, 6) is 1.68. The van der Waals surface area contributed by atoms with Gasteiger partial charge in [-0.2, -0.15) is 0 Å². The fourth-order valence-corrected chi connectivity index (χ4v) is 3.95. The molecule has 0 aliphatic carbocycles. The topological polar surface area (TPSA) is 60.0 Å². The van der Waals surface area contributed by atoms with E-state index >= 15 is 0 Å². The molecule has 3 aromatic heterocycles. The van der Waals surface area contributed by atoms with Crippen LogP contribution in [0.15, 0.2) is 57.5 Å². The summed E-state index contributed by atoms with van der Waals surface area (Å²) in [6, 6.07) is 10.2. The molecule has 6 nitrogen and oxygen atoms in total. The number of aryl methyl sites for hydroxylation is 1. The average Bonchev–Trinajstić information content (AvgIpc) is 3.33. The van der Waals surface area contributed by atoms with Crippen molar-refractivity contribution in [2.75, 3.05) is 13.1 Å². The van der Waals surface area contributed by atoms with E-state index in [-0.39, 0.29) is 0 Å². The molecule has 1 fully saturated rings. The Morgan fingerprint density at radius 2 is 2.24 bits per heavy atom. The molecule has 0 aromatic carbocycles. The Labute approximate surface area is 151 Å². The van der Waals surface area contributed by atoms with Crippen LogP contribution >= 0.6 is 11.8 Å². The van der Waals surface area contributed by atoms with E-state index in [2.05, 4.69) is 38.3 Å². The van der Waals surface area contributed by atoms with Crippen molar-refractivity contribution in [2.45, 2.75) is 29.6 Å². The largest absolute Gasteiger partial charge is 0.453 e. The van der Waals surface area contributed by atoms with Crippen LogP contribution in [-0.2, 0) is 20.0 Å². The van der Waals surface area contributed by atoms with Crippen molar-refractivity contribution in [2.24, 2.45) is 13.0 Å². The minimum absolute atomic E-state index is 0.678. The molecule has 0 amide bonds. The van der Waals surface area contributed by atoms with E-state index in [4.69, 9.17) is 4.42 Å². The highest BCUT2D eigenvalue weighted by atomic mass is 32.2. The van der Waals surface area contributed by atoms with Crippen molar-refractivity contribution in [1.82, 2.24) is 24.6 Å². The monoisotopic (exact) mass is 355 g/mol. The Morgan fingerprint density at radius 1 is 1.28 bits per heavy atom. The lowest BCUT2D eigenvalue weighted by Gasteiger charge is -2.14. The van der Waals surface area contributed by atoms with Crippen LogP contribution in [0.4, 0.5) is 0 Å². The van der Waals surface area contributed by atoms with Crippen LogP contribution in [0, 0.1) is 5.92 Å². The molecule has 130 valence electrons. The molecule has 7 heteroatoms. The quantitative estimate of drug-likeness (QED) is 0.677. The zero-order chi connectivity index (χ0) is 17.1. The number of hydrogen-bond donors (Lipinski definition) is 0. The van der Waals surface area contributed by atoms with Crippen LogP contribution in [0.5, 0.6) is 0 Å². The fraction of sp³-hybridized carbons (Fsp3) is 0.389. The summed E-state index contributed by atoms with van der Waals surface area (Å²) in [6.07, 6.45) is 5.85. The second kappa shape index (κ2) is 7.41.